The van der Waals surface area contributed by atoms with E-state index in [0.29, 0.717) is 0 Å². The van der Waals surface area contributed by atoms with Gasteiger partial charge in [0.05, 0.1) is 11.0 Å². The van der Waals surface area contributed by atoms with Gasteiger partial charge in [0.1, 0.15) is 5.82 Å². The third-order valence-electron chi connectivity index (χ3n) is 2.73. The van der Waals surface area contributed by atoms with E-state index in [-0.39, 0.29) is 6.04 Å². The lowest BCUT2D eigenvalue weighted by atomic mass is 10.2. The fourth-order valence-corrected chi connectivity index (χ4v) is 1.71. The van der Waals surface area contributed by atoms with Crippen molar-refractivity contribution in [3.63, 3.8) is 0 Å². The molecule has 0 aliphatic carbocycles. The summed E-state index contributed by atoms with van der Waals surface area (Å²) in [5.74, 6) is 1.03. The number of nitrogens with one attached hydrogen (secondary N) is 1. The number of aromatic nitrogens is 2. The van der Waals surface area contributed by atoms with Gasteiger partial charge in [-0.3, -0.25) is 0 Å². The zero-order valence-corrected chi connectivity index (χ0v) is 9.99. The summed E-state index contributed by atoms with van der Waals surface area (Å²) in [7, 11) is 2.03. The molecule has 2 aromatic rings. The smallest absolute Gasteiger partial charge is 0.106 e. The molecular weight excluding hydrogens is 200 g/mol. The topological polar surface area (TPSA) is 55.9 Å². The molecule has 16 heavy (non-hydrogen) atoms. The average molecular weight is 218 g/mol. The first-order chi connectivity index (χ1) is 7.58. The molecule has 0 fully saturated rings. The summed E-state index contributed by atoms with van der Waals surface area (Å²) in [5.41, 5.74) is 8.95. The van der Waals surface area contributed by atoms with E-state index in [1.807, 2.05) is 20.9 Å². The normalized spacial score (nSPS) is 13.0. The van der Waals surface area contributed by atoms with Gasteiger partial charge in [-0.25, -0.2) is 4.98 Å². The number of hydrogen-bond acceptors (Lipinski definition) is 3. The van der Waals surface area contributed by atoms with Crippen molar-refractivity contribution in [1.82, 2.24) is 9.55 Å². The molecule has 4 nitrogen and oxygen atoms in total. The second-order valence-corrected chi connectivity index (χ2v) is 4.28. The molecule has 4 heteroatoms. The Morgan fingerprint density at radius 1 is 1.50 bits per heavy atom. The van der Waals surface area contributed by atoms with Crippen LogP contribution in [0.5, 0.6) is 0 Å². The van der Waals surface area contributed by atoms with Crippen LogP contribution >= 0.6 is 0 Å². The number of nitrogens with two attached hydrogens (primary N) is 1. The number of aryl methyl sites for hydroxylation is 2. The summed E-state index contributed by atoms with van der Waals surface area (Å²) >= 11 is 0. The van der Waals surface area contributed by atoms with Gasteiger partial charge in [-0.05, 0) is 32.0 Å². The van der Waals surface area contributed by atoms with Crippen molar-refractivity contribution in [1.29, 1.82) is 0 Å². The number of fused-ring (bicyclic) bond motifs is 1. The van der Waals surface area contributed by atoms with Crippen molar-refractivity contribution >= 4 is 16.7 Å². The highest BCUT2D eigenvalue weighted by molar-refractivity contribution is 5.80. The Balaban J connectivity index is 2.30. The highest BCUT2D eigenvalue weighted by atomic mass is 15.1. The number of rotatable bonds is 3. The van der Waals surface area contributed by atoms with Gasteiger partial charge in [0.15, 0.2) is 0 Å². The molecule has 2 rings (SSSR count). The van der Waals surface area contributed by atoms with E-state index >= 15 is 0 Å². The van der Waals surface area contributed by atoms with E-state index in [1.54, 1.807) is 0 Å². The Hall–Kier alpha value is -1.55. The molecular formula is C12H18N4. The lowest BCUT2D eigenvalue weighted by Crippen LogP contribution is -2.25. The predicted molar refractivity (Wildman–Crippen MR) is 67.6 cm³/mol. The summed E-state index contributed by atoms with van der Waals surface area (Å²) in [5, 5.41) is 3.29. The van der Waals surface area contributed by atoms with Gasteiger partial charge in [0.25, 0.3) is 0 Å². The van der Waals surface area contributed by atoms with E-state index < -0.39 is 0 Å². The van der Waals surface area contributed by atoms with Gasteiger partial charge in [-0.2, -0.15) is 0 Å². The van der Waals surface area contributed by atoms with Crippen LogP contribution in [0.25, 0.3) is 11.0 Å². The maximum atomic E-state index is 5.70. The van der Waals surface area contributed by atoms with Crippen LogP contribution in [0.15, 0.2) is 18.2 Å². The largest absolute Gasteiger partial charge is 0.383 e. The second kappa shape index (κ2) is 4.14. The first-order valence-corrected chi connectivity index (χ1v) is 5.50. The Morgan fingerprint density at radius 2 is 2.25 bits per heavy atom. The highest BCUT2D eigenvalue weighted by Gasteiger charge is 2.04. The molecule has 0 bridgehead atoms. The monoisotopic (exact) mass is 218 g/mol. The van der Waals surface area contributed by atoms with Gasteiger partial charge in [0, 0.05) is 25.3 Å². The highest BCUT2D eigenvalue weighted by Crippen LogP contribution is 2.19. The summed E-state index contributed by atoms with van der Waals surface area (Å²) in [6, 6.07) is 6.36. The van der Waals surface area contributed by atoms with Crippen molar-refractivity contribution in [3.05, 3.63) is 24.0 Å². The molecule has 0 spiro atoms. The minimum atomic E-state index is 0.154. The number of nitrogens with zero attached hydrogens (tertiary/aromatic N) is 2. The lowest BCUT2D eigenvalue weighted by Gasteiger charge is -2.08. The zero-order chi connectivity index (χ0) is 11.7. The first kappa shape index (κ1) is 11.0. The van der Waals surface area contributed by atoms with Crippen molar-refractivity contribution in [2.75, 3.05) is 11.9 Å². The maximum absolute atomic E-state index is 5.70. The van der Waals surface area contributed by atoms with Gasteiger partial charge < -0.3 is 15.6 Å². The summed E-state index contributed by atoms with van der Waals surface area (Å²) in [6.45, 7) is 4.77. The molecule has 1 atom stereocenters. The van der Waals surface area contributed by atoms with Gasteiger partial charge in [-0.15, -0.1) is 0 Å². The number of hydrogen-bond donors (Lipinski definition) is 2. The molecule has 86 valence electrons. The molecule has 3 N–H and O–H groups in total. The third kappa shape index (κ3) is 2.02. The number of benzene rings is 1. The lowest BCUT2D eigenvalue weighted by molar-refractivity contribution is 0.780. The van der Waals surface area contributed by atoms with Crippen LogP contribution < -0.4 is 11.1 Å². The van der Waals surface area contributed by atoms with Crippen LogP contribution in [0, 0.1) is 6.92 Å². The van der Waals surface area contributed by atoms with Crippen LogP contribution in [0.4, 0.5) is 5.69 Å². The molecule has 1 unspecified atom stereocenters. The Kier molecular flexibility index (Phi) is 2.83. The minimum Gasteiger partial charge on any atom is -0.383 e. The fraction of sp³-hybridized carbons (Fsp3) is 0.417. The molecule has 0 radical (unpaired) electrons. The van der Waals surface area contributed by atoms with Crippen LogP contribution in [0.1, 0.15) is 12.7 Å². The molecule has 1 aromatic carbocycles. The van der Waals surface area contributed by atoms with Gasteiger partial charge in [0.2, 0.25) is 0 Å². The fourth-order valence-electron chi connectivity index (χ4n) is 1.71. The molecule has 1 aromatic heterocycles. The molecule has 0 aliphatic rings. The summed E-state index contributed by atoms with van der Waals surface area (Å²) in [4.78, 5) is 4.49. The quantitative estimate of drug-likeness (QED) is 0.823. The zero-order valence-electron chi connectivity index (χ0n) is 9.99. The van der Waals surface area contributed by atoms with Crippen LogP contribution in [-0.4, -0.2) is 22.1 Å². The van der Waals surface area contributed by atoms with E-state index in [4.69, 9.17) is 5.73 Å². The molecule has 1 heterocycles. The molecule has 0 aliphatic heterocycles. The van der Waals surface area contributed by atoms with Crippen LogP contribution in [-0.2, 0) is 7.05 Å². The van der Waals surface area contributed by atoms with Crippen molar-refractivity contribution in [3.8, 4) is 0 Å². The number of anilines is 1. The Labute approximate surface area is 95.5 Å². The SMILES string of the molecule is Cc1nc2cc(NCC(C)N)ccc2n1C. The summed E-state index contributed by atoms with van der Waals surface area (Å²) in [6.07, 6.45) is 0. The van der Waals surface area contributed by atoms with Crippen molar-refractivity contribution in [2.45, 2.75) is 19.9 Å². The van der Waals surface area contributed by atoms with Crippen molar-refractivity contribution < 1.29 is 0 Å². The second-order valence-electron chi connectivity index (χ2n) is 4.28. The summed E-state index contributed by atoms with van der Waals surface area (Å²) < 4.78 is 2.09. The minimum absolute atomic E-state index is 0.154. The van der Waals surface area contributed by atoms with Gasteiger partial charge >= 0.3 is 0 Å². The van der Waals surface area contributed by atoms with Crippen LogP contribution in [0.3, 0.4) is 0 Å². The maximum Gasteiger partial charge on any atom is 0.106 e. The molecule has 0 amide bonds. The predicted octanol–water partition coefficient (Wildman–Crippen LogP) is 1.64. The Morgan fingerprint density at radius 3 is 2.94 bits per heavy atom. The van der Waals surface area contributed by atoms with E-state index in [1.165, 1.54) is 0 Å². The first-order valence-electron chi connectivity index (χ1n) is 5.50. The number of imidazole rings is 1. The standard InChI is InChI=1S/C12H18N4/c1-8(13)7-14-10-4-5-12-11(6-10)15-9(2)16(12)3/h4-6,8,14H,7,13H2,1-3H3. The Bertz CT molecular complexity index is 499. The van der Waals surface area contributed by atoms with E-state index in [2.05, 4.69) is 33.1 Å². The van der Waals surface area contributed by atoms with Gasteiger partial charge in [-0.1, -0.05) is 0 Å². The van der Waals surface area contributed by atoms with Crippen molar-refractivity contribution in [2.24, 2.45) is 12.8 Å². The average Bonchev–Trinajstić information content (AvgIpc) is 2.52. The van der Waals surface area contributed by atoms with Crippen LogP contribution in [0.2, 0.25) is 0 Å². The molecule has 0 saturated heterocycles. The third-order valence-corrected chi connectivity index (χ3v) is 2.73. The molecule has 0 saturated carbocycles. The van der Waals surface area contributed by atoms with E-state index in [9.17, 15) is 0 Å². The van der Waals surface area contributed by atoms with E-state index in [0.717, 1.165) is 29.1 Å².